The number of para-hydroxylation sites is 1. The topological polar surface area (TPSA) is 79.3 Å². The fraction of sp³-hybridized carbons (Fsp3) is 0.476. The highest BCUT2D eigenvalue weighted by Gasteiger charge is 2.30. The molecule has 2 N–H and O–H groups in total. The van der Waals surface area contributed by atoms with Gasteiger partial charge in [-0.05, 0) is 31.9 Å². The standard InChI is InChI=1S/C21H27N5O2/c1-15-12-23-26(18-9-5-6-10-18)20(15)24-21(28)22-13-16-11-19(27)25(14-16)17-7-3-2-4-8-17/h2-4,7-8,12,16,18H,5-6,9-11,13-14H2,1H3,(H2,22,24,28)/t16-/m0/s1. The van der Waals surface area contributed by atoms with Crippen molar-refractivity contribution in [2.75, 3.05) is 23.3 Å². The van der Waals surface area contributed by atoms with E-state index in [-0.39, 0.29) is 17.9 Å². The Hall–Kier alpha value is -2.83. The highest BCUT2D eigenvalue weighted by molar-refractivity contribution is 5.96. The second-order valence-electron chi connectivity index (χ2n) is 7.80. The van der Waals surface area contributed by atoms with Crippen LogP contribution >= 0.6 is 0 Å². The Morgan fingerprint density at radius 1 is 1.21 bits per heavy atom. The van der Waals surface area contributed by atoms with E-state index >= 15 is 0 Å². The van der Waals surface area contributed by atoms with Crippen molar-refractivity contribution >= 4 is 23.4 Å². The fourth-order valence-electron chi connectivity index (χ4n) is 4.19. The first-order valence-corrected chi connectivity index (χ1v) is 10.1. The molecule has 1 aromatic carbocycles. The molecule has 7 nitrogen and oxygen atoms in total. The number of amides is 3. The number of nitrogens with zero attached hydrogens (tertiary/aromatic N) is 3. The first kappa shape index (κ1) is 18.5. The van der Waals surface area contributed by atoms with Crippen molar-refractivity contribution in [2.24, 2.45) is 5.92 Å². The molecule has 0 bridgehead atoms. The molecule has 2 aromatic rings. The summed E-state index contributed by atoms with van der Waals surface area (Å²) < 4.78 is 1.96. The fourth-order valence-corrected chi connectivity index (χ4v) is 4.19. The predicted octanol–water partition coefficient (Wildman–Crippen LogP) is 3.48. The molecule has 2 heterocycles. The normalized spacial score (nSPS) is 20.0. The van der Waals surface area contributed by atoms with Crippen LogP contribution in [0.4, 0.5) is 16.3 Å². The second kappa shape index (κ2) is 8.04. The van der Waals surface area contributed by atoms with Gasteiger partial charge in [-0.3, -0.25) is 10.1 Å². The van der Waals surface area contributed by atoms with Crippen molar-refractivity contribution < 1.29 is 9.59 Å². The molecule has 1 aromatic heterocycles. The number of aromatic nitrogens is 2. The van der Waals surface area contributed by atoms with Crippen LogP contribution in [0, 0.1) is 12.8 Å². The molecule has 0 unspecified atom stereocenters. The minimum atomic E-state index is -0.242. The van der Waals surface area contributed by atoms with E-state index in [9.17, 15) is 9.59 Å². The Labute approximate surface area is 165 Å². The number of urea groups is 1. The quantitative estimate of drug-likeness (QED) is 0.832. The van der Waals surface area contributed by atoms with Crippen LogP contribution in [0.15, 0.2) is 36.5 Å². The van der Waals surface area contributed by atoms with Gasteiger partial charge < -0.3 is 10.2 Å². The molecular weight excluding hydrogens is 354 g/mol. The van der Waals surface area contributed by atoms with Gasteiger partial charge in [0.25, 0.3) is 0 Å². The van der Waals surface area contributed by atoms with Crippen molar-refractivity contribution in [1.29, 1.82) is 0 Å². The van der Waals surface area contributed by atoms with Gasteiger partial charge in [0.05, 0.1) is 12.2 Å². The van der Waals surface area contributed by atoms with Crippen molar-refractivity contribution in [3.63, 3.8) is 0 Å². The van der Waals surface area contributed by atoms with E-state index in [2.05, 4.69) is 15.7 Å². The monoisotopic (exact) mass is 381 g/mol. The summed E-state index contributed by atoms with van der Waals surface area (Å²) in [6.07, 6.45) is 6.90. The number of benzene rings is 1. The van der Waals surface area contributed by atoms with Crippen LogP contribution < -0.4 is 15.5 Å². The third kappa shape index (κ3) is 3.88. The lowest BCUT2D eigenvalue weighted by Gasteiger charge is -2.18. The molecule has 1 saturated heterocycles. The van der Waals surface area contributed by atoms with E-state index < -0.39 is 0 Å². The van der Waals surface area contributed by atoms with Crippen LogP contribution in [0.5, 0.6) is 0 Å². The summed E-state index contributed by atoms with van der Waals surface area (Å²) in [4.78, 5) is 26.6. The number of aryl methyl sites for hydroxylation is 1. The maximum Gasteiger partial charge on any atom is 0.320 e. The van der Waals surface area contributed by atoms with Gasteiger partial charge in [0.1, 0.15) is 5.82 Å². The van der Waals surface area contributed by atoms with Gasteiger partial charge in [-0.1, -0.05) is 31.0 Å². The molecule has 0 radical (unpaired) electrons. The first-order valence-electron chi connectivity index (χ1n) is 10.1. The van der Waals surface area contributed by atoms with Gasteiger partial charge in [-0.2, -0.15) is 5.10 Å². The smallest absolute Gasteiger partial charge is 0.320 e. The lowest BCUT2D eigenvalue weighted by molar-refractivity contribution is -0.117. The lowest BCUT2D eigenvalue weighted by Crippen LogP contribution is -2.35. The minimum Gasteiger partial charge on any atom is -0.337 e. The lowest BCUT2D eigenvalue weighted by atomic mass is 10.1. The van der Waals surface area contributed by atoms with Crippen molar-refractivity contribution in [1.82, 2.24) is 15.1 Å². The summed E-state index contributed by atoms with van der Waals surface area (Å²) in [6, 6.07) is 9.80. The molecule has 3 amide bonds. The Balaban J connectivity index is 1.32. The van der Waals surface area contributed by atoms with Gasteiger partial charge in [0.15, 0.2) is 0 Å². The number of rotatable bonds is 5. The molecule has 148 valence electrons. The van der Waals surface area contributed by atoms with E-state index in [1.165, 1.54) is 12.8 Å². The molecule has 4 rings (SSSR count). The molecule has 1 atom stereocenters. The number of carbonyl (C=O) groups excluding carboxylic acids is 2. The number of anilines is 2. The van der Waals surface area contributed by atoms with Gasteiger partial charge >= 0.3 is 6.03 Å². The summed E-state index contributed by atoms with van der Waals surface area (Å²) in [6.45, 7) is 3.06. The van der Waals surface area contributed by atoms with Crippen molar-refractivity contribution in [2.45, 2.75) is 45.1 Å². The molecule has 2 fully saturated rings. The predicted molar refractivity (Wildman–Crippen MR) is 108 cm³/mol. The van der Waals surface area contributed by atoms with Crippen LogP contribution in [0.25, 0.3) is 0 Å². The highest BCUT2D eigenvalue weighted by atomic mass is 16.2. The number of hydrogen-bond donors (Lipinski definition) is 2. The number of hydrogen-bond acceptors (Lipinski definition) is 3. The Kier molecular flexibility index (Phi) is 5.32. The van der Waals surface area contributed by atoms with E-state index in [1.54, 1.807) is 11.1 Å². The van der Waals surface area contributed by atoms with Crippen LogP contribution in [-0.4, -0.2) is 34.8 Å². The van der Waals surface area contributed by atoms with E-state index in [1.807, 2.05) is 41.9 Å². The minimum absolute atomic E-state index is 0.105. The van der Waals surface area contributed by atoms with Gasteiger partial charge in [0, 0.05) is 36.7 Å². The molecule has 1 aliphatic carbocycles. The molecule has 1 saturated carbocycles. The summed E-state index contributed by atoms with van der Waals surface area (Å²) in [5.41, 5.74) is 1.88. The first-order chi connectivity index (χ1) is 13.6. The second-order valence-corrected chi connectivity index (χ2v) is 7.80. The van der Waals surface area contributed by atoms with E-state index in [4.69, 9.17) is 0 Å². The average molecular weight is 381 g/mol. The summed E-state index contributed by atoms with van der Waals surface area (Å²) in [5, 5.41) is 10.4. The molecule has 7 heteroatoms. The van der Waals surface area contributed by atoms with Crippen LogP contribution in [0.2, 0.25) is 0 Å². The Morgan fingerprint density at radius 3 is 2.71 bits per heavy atom. The summed E-state index contributed by atoms with van der Waals surface area (Å²) >= 11 is 0. The molecule has 0 spiro atoms. The van der Waals surface area contributed by atoms with Gasteiger partial charge in [0.2, 0.25) is 5.91 Å². The number of carbonyl (C=O) groups is 2. The third-order valence-corrected chi connectivity index (χ3v) is 5.71. The van der Waals surface area contributed by atoms with Gasteiger partial charge in [-0.15, -0.1) is 0 Å². The molecule has 28 heavy (non-hydrogen) atoms. The molecule has 1 aliphatic heterocycles. The molecular formula is C21H27N5O2. The van der Waals surface area contributed by atoms with Crippen molar-refractivity contribution in [3.05, 3.63) is 42.1 Å². The number of nitrogens with one attached hydrogen (secondary N) is 2. The Morgan fingerprint density at radius 2 is 1.96 bits per heavy atom. The summed E-state index contributed by atoms with van der Waals surface area (Å²) in [7, 11) is 0. The van der Waals surface area contributed by atoms with Crippen LogP contribution in [0.3, 0.4) is 0 Å². The maximum absolute atomic E-state index is 12.5. The SMILES string of the molecule is Cc1cnn(C2CCCC2)c1NC(=O)NC[C@@H]1CC(=O)N(c2ccccc2)C1. The highest BCUT2D eigenvalue weighted by Crippen LogP contribution is 2.32. The van der Waals surface area contributed by atoms with Crippen LogP contribution in [0.1, 0.15) is 43.7 Å². The van der Waals surface area contributed by atoms with E-state index in [0.29, 0.717) is 25.6 Å². The molecule has 2 aliphatic rings. The van der Waals surface area contributed by atoms with Crippen LogP contribution in [-0.2, 0) is 4.79 Å². The average Bonchev–Trinajstić information content (AvgIpc) is 3.42. The Bertz CT molecular complexity index is 842. The zero-order chi connectivity index (χ0) is 19.5. The van der Waals surface area contributed by atoms with Gasteiger partial charge in [-0.25, -0.2) is 9.48 Å². The zero-order valence-corrected chi connectivity index (χ0v) is 16.2. The maximum atomic E-state index is 12.5. The largest absolute Gasteiger partial charge is 0.337 e. The van der Waals surface area contributed by atoms with Crippen molar-refractivity contribution in [3.8, 4) is 0 Å². The summed E-state index contributed by atoms with van der Waals surface area (Å²) in [5.74, 6) is 0.991. The third-order valence-electron chi connectivity index (χ3n) is 5.71. The van der Waals surface area contributed by atoms with E-state index in [0.717, 1.165) is 29.9 Å². The zero-order valence-electron chi connectivity index (χ0n) is 16.2.